The van der Waals surface area contributed by atoms with Gasteiger partial charge in [-0.15, -0.1) is 11.6 Å². The molecule has 2 nitrogen and oxygen atoms in total. The van der Waals surface area contributed by atoms with E-state index in [1.54, 1.807) is 14.2 Å². The van der Waals surface area contributed by atoms with Gasteiger partial charge in [-0.25, -0.2) is 0 Å². The number of alkyl halides is 1. The molecule has 0 amide bonds. The number of hydrogen-bond donors (Lipinski definition) is 0. The molecule has 0 heterocycles. The third kappa shape index (κ3) is 3.55. The maximum Gasteiger partial charge on any atom is 0.119 e. The van der Waals surface area contributed by atoms with Crippen LogP contribution in [0.25, 0.3) is 11.6 Å². The zero-order chi connectivity index (χ0) is 14.4. The first-order valence-electron chi connectivity index (χ1n) is 6.32. The van der Waals surface area contributed by atoms with Crippen molar-refractivity contribution in [1.82, 2.24) is 0 Å². The van der Waals surface area contributed by atoms with E-state index in [1.807, 2.05) is 48.5 Å². The normalized spacial score (nSPS) is 11.2. The van der Waals surface area contributed by atoms with Gasteiger partial charge in [0, 0.05) is 5.88 Å². The molecule has 2 aromatic carbocycles. The van der Waals surface area contributed by atoms with Crippen molar-refractivity contribution in [3.63, 3.8) is 0 Å². The Morgan fingerprint density at radius 2 is 1.65 bits per heavy atom. The van der Waals surface area contributed by atoms with Crippen LogP contribution in [-0.2, 0) is 0 Å². The Labute approximate surface area is 124 Å². The zero-order valence-corrected chi connectivity index (χ0v) is 12.4. The summed E-state index contributed by atoms with van der Waals surface area (Å²) in [4.78, 5) is 0. The Balaban J connectivity index is 2.37. The van der Waals surface area contributed by atoms with Gasteiger partial charge in [-0.3, -0.25) is 0 Å². The van der Waals surface area contributed by atoms with Crippen molar-refractivity contribution >= 4 is 23.3 Å². The predicted molar refractivity (Wildman–Crippen MR) is 84.6 cm³/mol. The molecule has 0 spiro atoms. The van der Waals surface area contributed by atoms with Crippen LogP contribution in [0, 0.1) is 0 Å². The van der Waals surface area contributed by atoms with Gasteiger partial charge in [0.15, 0.2) is 0 Å². The lowest BCUT2D eigenvalue weighted by molar-refractivity contribution is 0.414. The largest absolute Gasteiger partial charge is 0.497 e. The third-order valence-electron chi connectivity index (χ3n) is 3.02. The van der Waals surface area contributed by atoms with E-state index >= 15 is 0 Å². The molecular formula is C17H17ClO2. The van der Waals surface area contributed by atoms with E-state index in [0.717, 1.165) is 28.2 Å². The van der Waals surface area contributed by atoms with E-state index in [2.05, 4.69) is 6.08 Å². The monoisotopic (exact) mass is 288 g/mol. The molecule has 3 heteroatoms. The smallest absolute Gasteiger partial charge is 0.119 e. The van der Waals surface area contributed by atoms with Crippen molar-refractivity contribution in [3.05, 3.63) is 59.7 Å². The minimum atomic E-state index is 0.435. The number of ether oxygens (including phenoxy) is 2. The molecule has 0 aromatic heterocycles. The number of allylic oxidation sites excluding steroid dienone is 1. The lowest BCUT2D eigenvalue weighted by Crippen LogP contribution is -1.89. The van der Waals surface area contributed by atoms with Gasteiger partial charge in [0.1, 0.15) is 11.5 Å². The first kappa shape index (κ1) is 14.5. The second kappa shape index (κ2) is 7.01. The highest BCUT2D eigenvalue weighted by Crippen LogP contribution is 2.24. The number of benzene rings is 2. The molecule has 0 bridgehead atoms. The lowest BCUT2D eigenvalue weighted by atomic mass is 10.0. The van der Waals surface area contributed by atoms with E-state index in [9.17, 15) is 0 Å². The minimum Gasteiger partial charge on any atom is -0.497 e. The maximum atomic E-state index is 6.08. The van der Waals surface area contributed by atoms with E-state index < -0.39 is 0 Å². The van der Waals surface area contributed by atoms with Crippen molar-refractivity contribution in [2.75, 3.05) is 20.1 Å². The summed E-state index contributed by atoms with van der Waals surface area (Å²) >= 11 is 6.08. The molecule has 0 aliphatic carbocycles. The molecule has 0 N–H and O–H groups in total. The first-order chi connectivity index (χ1) is 9.76. The summed E-state index contributed by atoms with van der Waals surface area (Å²) in [6.07, 6.45) is 2.06. The summed E-state index contributed by atoms with van der Waals surface area (Å²) in [5.41, 5.74) is 3.16. The molecule has 2 rings (SSSR count). The summed E-state index contributed by atoms with van der Waals surface area (Å²) < 4.78 is 10.5. The van der Waals surface area contributed by atoms with Crippen molar-refractivity contribution in [2.45, 2.75) is 0 Å². The van der Waals surface area contributed by atoms with Crippen LogP contribution in [0.3, 0.4) is 0 Å². The van der Waals surface area contributed by atoms with Gasteiger partial charge in [-0.2, -0.15) is 0 Å². The molecule has 0 radical (unpaired) electrons. The molecule has 0 atom stereocenters. The molecule has 0 fully saturated rings. The van der Waals surface area contributed by atoms with Crippen molar-refractivity contribution in [3.8, 4) is 11.5 Å². The van der Waals surface area contributed by atoms with E-state index in [-0.39, 0.29) is 0 Å². The Morgan fingerprint density at radius 1 is 1.00 bits per heavy atom. The van der Waals surface area contributed by atoms with Gasteiger partial charge in [0.25, 0.3) is 0 Å². The molecule has 0 saturated heterocycles. The molecule has 0 aliphatic heterocycles. The average molecular weight is 289 g/mol. The van der Waals surface area contributed by atoms with Crippen LogP contribution in [0.15, 0.2) is 48.5 Å². The standard InChI is InChI=1S/C17H17ClO2/c1-19-16-7-3-5-13(10-16)9-15(12-18)14-6-4-8-17(11-14)20-2/h3-11H,12H2,1-2H3. The van der Waals surface area contributed by atoms with Crippen LogP contribution in [0.5, 0.6) is 11.5 Å². The second-order valence-corrected chi connectivity index (χ2v) is 4.58. The Hall–Kier alpha value is -1.93. The third-order valence-corrected chi connectivity index (χ3v) is 3.31. The second-order valence-electron chi connectivity index (χ2n) is 4.31. The van der Waals surface area contributed by atoms with E-state index in [0.29, 0.717) is 5.88 Å². The van der Waals surface area contributed by atoms with Gasteiger partial charge < -0.3 is 9.47 Å². The first-order valence-corrected chi connectivity index (χ1v) is 6.85. The molecule has 0 unspecified atom stereocenters. The van der Waals surface area contributed by atoms with Crippen molar-refractivity contribution in [1.29, 1.82) is 0 Å². The van der Waals surface area contributed by atoms with Gasteiger partial charge in [-0.1, -0.05) is 24.3 Å². The van der Waals surface area contributed by atoms with Crippen LogP contribution in [0.2, 0.25) is 0 Å². The molecule has 0 aliphatic rings. The highest BCUT2D eigenvalue weighted by atomic mass is 35.5. The zero-order valence-electron chi connectivity index (χ0n) is 11.6. The highest BCUT2D eigenvalue weighted by molar-refractivity contribution is 6.24. The van der Waals surface area contributed by atoms with Crippen LogP contribution in [-0.4, -0.2) is 20.1 Å². The SMILES string of the molecule is COc1cccc(C=C(CCl)c2cccc(OC)c2)c1. The van der Waals surface area contributed by atoms with Gasteiger partial charge in [0.05, 0.1) is 14.2 Å². The fourth-order valence-corrected chi connectivity index (χ4v) is 2.19. The average Bonchev–Trinajstić information content (AvgIpc) is 2.52. The van der Waals surface area contributed by atoms with Crippen molar-refractivity contribution in [2.24, 2.45) is 0 Å². The summed E-state index contributed by atoms with van der Waals surface area (Å²) in [6, 6.07) is 15.8. The fraction of sp³-hybridized carbons (Fsp3) is 0.176. The summed E-state index contributed by atoms with van der Waals surface area (Å²) in [5, 5.41) is 0. The van der Waals surface area contributed by atoms with Crippen LogP contribution < -0.4 is 9.47 Å². The van der Waals surface area contributed by atoms with Gasteiger partial charge in [0.2, 0.25) is 0 Å². The number of halogens is 1. The summed E-state index contributed by atoms with van der Waals surface area (Å²) in [5.74, 6) is 2.09. The topological polar surface area (TPSA) is 18.5 Å². The van der Waals surface area contributed by atoms with Gasteiger partial charge >= 0.3 is 0 Å². The Morgan fingerprint density at radius 3 is 2.30 bits per heavy atom. The highest BCUT2D eigenvalue weighted by Gasteiger charge is 2.03. The summed E-state index contributed by atoms with van der Waals surface area (Å²) in [6.45, 7) is 0. The van der Waals surface area contributed by atoms with Gasteiger partial charge in [-0.05, 0) is 47.0 Å². The maximum absolute atomic E-state index is 6.08. The summed E-state index contributed by atoms with van der Waals surface area (Å²) in [7, 11) is 3.32. The number of rotatable bonds is 5. The molecule has 2 aromatic rings. The van der Waals surface area contributed by atoms with Crippen molar-refractivity contribution < 1.29 is 9.47 Å². The fourth-order valence-electron chi connectivity index (χ4n) is 1.95. The van der Waals surface area contributed by atoms with Crippen LogP contribution in [0.4, 0.5) is 0 Å². The van der Waals surface area contributed by atoms with E-state index in [4.69, 9.17) is 21.1 Å². The molecule has 20 heavy (non-hydrogen) atoms. The van der Waals surface area contributed by atoms with Crippen LogP contribution in [0.1, 0.15) is 11.1 Å². The molecular weight excluding hydrogens is 272 g/mol. The lowest BCUT2D eigenvalue weighted by Gasteiger charge is -2.07. The Bertz CT molecular complexity index is 605. The molecule has 104 valence electrons. The van der Waals surface area contributed by atoms with Crippen LogP contribution >= 0.6 is 11.6 Å². The minimum absolute atomic E-state index is 0.435. The Kier molecular flexibility index (Phi) is 5.08. The molecule has 0 saturated carbocycles. The predicted octanol–water partition coefficient (Wildman–Crippen LogP) is 4.48. The van der Waals surface area contributed by atoms with E-state index in [1.165, 1.54) is 0 Å². The number of methoxy groups -OCH3 is 2. The number of hydrogen-bond acceptors (Lipinski definition) is 2. The quantitative estimate of drug-likeness (QED) is 0.596.